The zero-order valence-electron chi connectivity index (χ0n) is 16.1. The lowest BCUT2D eigenvalue weighted by atomic mass is 10.1. The van der Waals surface area contributed by atoms with Crippen molar-refractivity contribution in [1.82, 2.24) is 14.3 Å². The van der Waals surface area contributed by atoms with Gasteiger partial charge in [0, 0.05) is 30.4 Å². The van der Waals surface area contributed by atoms with E-state index in [1.165, 1.54) is 34.6 Å². The highest BCUT2D eigenvalue weighted by molar-refractivity contribution is 5.96. The maximum absolute atomic E-state index is 14.3. The van der Waals surface area contributed by atoms with E-state index >= 15 is 0 Å². The number of hydrogen-bond donors (Lipinski definition) is 2. The van der Waals surface area contributed by atoms with Gasteiger partial charge in [0.05, 0.1) is 17.3 Å². The minimum absolute atomic E-state index is 0.00505. The molecule has 0 bridgehead atoms. The van der Waals surface area contributed by atoms with Crippen molar-refractivity contribution in [3.63, 3.8) is 0 Å². The van der Waals surface area contributed by atoms with E-state index in [-0.39, 0.29) is 11.2 Å². The zero-order valence-corrected chi connectivity index (χ0v) is 16.1. The molecule has 4 rings (SSSR count). The third kappa shape index (κ3) is 3.20. The number of amides is 1. The van der Waals surface area contributed by atoms with Gasteiger partial charge in [0.15, 0.2) is 5.82 Å². The van der Waals surface area contributed by atoms with Crippen molar-refractivity contribution < 1.29 is 13.6 Å². The molecule has 4 aromatic rings. The fourth-order valence-electron chi connectivity index (χ4n) is 3.24. The Hall–Kier alpha value is -4.01. The largest absolute Gasteiger partial charge is 0.366 e. The highest BCUT2D eigenvalue weighted by Crippen LogP contribution is 2.29. The number of nitrogens with two attached hydrogens (primary N) is 1. The van der Waals surface area contributed by atoms with Crippen molar-refractivity contribution in [2.75, 3.05) is 5.32 Å². The van der Waals surface area contributed by atoms with Gasteiger partial charge in [0.1, 0.15) is 17.2 Å². The summed E-state index contributed by atoms with van der Waals surface area (Å²) in [5.74, 6) is -2.10. The molecular weight excluding hydrogens is 392 g/mol. The van der Waals surface area contributed by atoms with Crippen molar-refractivity contribution in [3.05, 3.63) is 81.8 Å². The number of aryl methyl sites for hydroxylation is 2. The number of aromatic nitrogens is 3. The minimum Gasteiger partial charge on any atom is -0.366 e. The molecule has 152 valence electrons. The standard InChI is InChI=1S/C21H17F2N5O2/c1-11-3-4-12(20(24)30)7-16(11)26-17-9-19(29)27(2)21-14(17)10-25-28(21)18-6-5-13(22)8-15(18)23/h3-10,26H,1-2H3,(H2,24,30). The number of carbonyl (C=O) groups is 1. The van der Waals surface area contributed by atoms with E-state index in [1.54, 1.807) is 18.2 Å². The van der Waals surface area contributed by atoms with Crippen molar-refractivity contribution >= 4 is 28.3 Å². The van der Waals surface area contributed by atoms with E-state index in [0.717, 1.165) is 17.7 Å². The molecule has 1 amide bonds. The van der Waals surface area contributed by atoms with E-state index in [4.69, 9.17) is 5.73 Å². The molecule has 30 heavy (non-hydrogen) atoms. The first-order valence-electron chi connectivity index (χ1n) is 8.97. The molecule has 2 heterocycles. The molecule has 3 N–H and O–H groups in total. The summed E-state index contributed by atoms with van der Waals surface area (Å²) < 4.78 is 30.2. The number of hydrogen-bond acceptors (Lipinski definition) is 4. The molecule has 2 aromatic carbocycles. The lowest BCUT2D eigenvalue weighted by molar-refractivity contribution is 0.100. The van der Waals surface area contributed by atoms with Gasteiger partial charge >= 0.3 is 0 Å². The van der Waals surface area contributed by atoms with Crippen molar-refractivity contribution in [2.24, 2.45) is 12.8 Å². The van der Waals surface area contributed by atoms with Gasteiger partial charge in [-0.3, -0.25) is 14.2 Å². The van der Waals surface area contributed by atoms with Crippen LogP contribution in [-0.2, 0) is 7.05 Å². The second-order valence-corrected chi connectivity index (χ2v) is 6.86. The molecule has 0 saturated carbocycles. The lowest BCUT2D eigenvalue weighted by Crippen LogP contribution is -2.19. The number of primary amides is 1. The van der Waals surface area contributed by atoms with E-state index in [0.29, 0.717) is 28.0 Å². The number of fused-ring (bicyclic) bond motifs is 1. The minimum atomic E-state index is -0.809. The maximum Gasteiger partial charge on any atom is 0.254 e. The van der Waals surface area contributed by atoms with E-state index in [2.05, 4.69) is 10.4 Å². The molecule has 0 atom stereocenters. The van der Waals surface area contributed by atoms with Crippen LogP contribution < -0.4 is 16.6 Å². The molecular formula is C21H17F2N5O2. The van der Waals surface area contributed by atoms with Gasteiger partial charge in [-0.1, -0.05) is 6.07 Å². The third-order valence-corrected chi connectivity index (χ3v) is 4.88. The smallest absolute Gasteiger partial charge is 0.254 e. The van der Waals surface area contributed by atoms with Crippen molar-refractivity contribution in [1.29, 1.82) is 0 Å². The van der Waals surface area contributed by atoms with Crippen LogP contribution in [0.25, 0.3) is 16.7 Å². The molecule has 2 aromatic heterocycles. The molecule has 7 nitrogen and oxygen atoms in total. The second kappa shape index (κ2) is 7.11. The molecule has 9 heteroatoms. The van der Waals surface area contributed by atoms with Crippen LogP contribution in [0, 0.1) is 18.6 Å². The predicted molar refractivity (Wildman–Crippen MR) is 109 cm³/mol. The van der Waals surface area contributed by atoms with Crippen LogP contribution in [0.3, 0.4) is 0 Å². The first kappa shape index (κ1) is 19.3. The van der Waals surface area contributed by atoms with Crippen LogP contribution in [0.15, 0.2) is 53.5 Å². The van der Waals surface area contributed by atoms with E-state index < -0.39 is 17.5 Å². The van der Waals surface area contributed by atoms with Gasteiger partial charge in [-0.25, -0.2) is 13.5 Å². The van der Waals surface area contributed by atoms with Crippen molar-refractivity contribution in [2.45, 2.75) is 6.92 Å². The number of benzene rings is 2. The molecule has 0 aliphatic heterocycles. The number of rotatable bonds is 4. The average Bonchev–Trinajstić information content (AvgIpc) is 3.12. The number of anilines is 2. The first-order chi connectivity index (χ1) is 14.3. The zero-order chi connectivity index (χ0) is 21.6. The Morgan fingerprint density at radius 1 is 1.10 bits per heavy atom. The summed E-state index contributed by atoms with van der Waals surface area (Å²) in [6.07, 6.45) is 1.48. The summed E-state index contributed by atoms with van der Waals surface area (Å²) in [6.45, 7) is 1.84. The lowest BCUT2D eigenvalue weighted by Gasteiger charge is -2.14. The number of nitrogens with zero attached hydrogens (tertiary/aromatic N) is 3. The summed E-state index contributed by atoms with van der Waals surface area (Å²) >= 11 is 0. The van der Waals surface area contributed by atoms with E-state index in [9.17, 15) is 18.4 Å². The fraction of sp³-hybridized carbons (Fsp3) is 0.0952. The molecule has 0 spiro atoms. The fourth-order valence-corrected chi connectivity index (χ4v) is 3.24. The van der Waals surface area contributed by atoms with Gasteiger partial charge in [0.2, 0.25) is 5.91 Å². The number of halogens is 2. The molecule has 0 radical (unpaired) electrons. The number of pyridine rings is 1. The summed E-state index contributed by atoms with van der Waals surface area (Å²) in [6, 6.07) is 9.43. The normalized spacial score (nSPS) is 11.1. The van der Waals surface area contributed by atoms with Crippen LogP contribution in [0.1, 0.15) is 15.9 Å². The Bertz CT molecular complexity index is 1370. The Morgan fingerprint density at radius 3 is 2.57 bits per heavy atom. The summed E-state index contributed by atoms with van der Waals surface area (Å²) in [7, 11) is 1.53. The van der Waals surface area contributed by atoms with Gasteiger partial charge in [-0.05, 0) is 36.8 Å². The van der Waals surface area contributed by atoms with Gasteiger partial charge < -0.3 is 11.1 Å². The average molecular weight is 409 g/mol. The Morgan fingerprint density at radius 2 is 1.87 bits per heavy atom. The van der Waals surface area contributed by atoms with Crippen LogP contribution in [0.5, 0.6) is 0 Å². The van der Waals surface area contributed by atoms with Crippen LogP contribution in [0.2, 0.25) is 0 Å². The first-order valence-corrected chi connectivity index (χ1v) is 8.97. The Balaban J connectivity index is 1.91. The van der Waals surface area contributed by atoms with E-state index in [1.807, 2.05) is 6.92 Å². The summed E-state index contributed by atoms with van der Waals surface area (Å²) in [5.41, 5.74) is 7.46. The molecule has 0 unspecified atom stereocenters. The Kier molecular flexibility index (Phi) is 4.57. The topological polar surface area (TPSA) is 94.9 Å². The predicted octanol–water partition coefficient (Wildman–Crippen LogP) is 3.15. The molecule has 0 aliphatic rings. The third-order valence-electron chi connectivity index (χ3n) is 4.88. The number of nitrogens with one attached hydrogen (secondary N) is 1. The van der Waals surface area contributed by atoms with Crippen LogP contribution >= 0.6 is 0 Å². The highest BCUT2D eigenvalue weighted by atomic mass is 19.1. The molecule has 0 fully saturated rings. The molecule has 0 saturated heterocycles. The van der Waals surface area contributed by atoms with Crippen molar-refractivity contribution in [3.8, 4) is 5.69 Å². The maximum atomic E-state index is 14.3. The second-order valence-electron chi connectivity index (χ2n) is 6.86. The highest BCUT2D eigenvalue weighted by Gasteiger charge is 2.17. The van der Waals surface area contributed by atoms with Crippen LogP contribution in [0.4, 0.5) is 20.2 Å². The monoisotopic (exact) mass is 409 g/mol. The quantitative estimate of drug-likeness (QED) is 0.541. The molecule has 0 aliphatic carbocycles. The van der Waals surface area contributed by atoms with Gasteiger partial charge in [-0.15, -0.1) is 0 Å². The van der Waals surface area contributed by atoms with Gasteiger partial charge in [-0.2, -0.15) is 5.10 Å². The summed E-state index contributed by atoms with van der Waals surface area (Å²) in [4.78, 5) is 24.1. The number of carbonyl (C=O) groups excluding carboxylic acids is 1. The summed E-state index contributed by atoms with van der Waals surface area (Å²) in [5, 5.41) is 7.88. The van der Waals surface area contributed by atoms with Crippen LogP contribution in [-0.4, -0.2) is 20.3 Å². The SMILES string of the molecule is Cc1ccc(C(N)=O)cc1Nc1cc(=O)n(C)c2c1cnn2-c1ccc(F)cc1F. The van der Waals surface area contributed by atoms with Gasteiger partial charge in [0.25, 0.3) is 5.56 Å². The Labute approximate surface area is 169 Å².